The molecule has 0 radical (unpaired) electrons. The lowest BCUT2D eigenvalue weighted by Crippen LogP contribution is -1.66. The standard InChI is InChI=1S/C4H10.HO2P/c1-4(2)3;1-3-2/h4H,1-3H3;(H,1,2). The van der Waals surface area contributed by atoms with Crippen LogP contribution < -0.4 is 0 Å². The summed E-state index contributed by atoms with van der Waals surface area (Å²) >= 11 is 0. The van der Waals surface area contributed by atoms with Crippen molar-refractivity contribution in [2.24, 2.45) is 5.92 Å². The van der Waals surface area contributed by atoms with Gasteiger partial charge in [-0.1, -0.05) is 20.8 Å². The molecule has 0 atom stereocenters. The Bertz CT molecular complexity index is 33.9. The molecule has 0 saturated carbocycles. The maximum atomic E-state index is 8.46. The largest absolute Gasteiger partial charge is 0.324 e. The molecule has 0 aliphatic rings. The van der Waals surface area contributed by atoms with Crippen molar-refractivity contribution in [3.05, 3.63) is 0 Å². The van der Waals surface area contributed by atoms with Crippen LogP contribution in [0.25, 0.3) is 0 Å². The molecule has 0 unspecified atom stereocenters. The van der Waals surface area contributed by atoms with Crippen LogP contribution in [0, 0.1) is 5.92 Å². The van der Waals surface area contributed by atoms with Gasteiger partial charge in [0.05, 0.1) is 0 Å². The Morgan fingerprint density at radius 3 is 1.43 bits per heavy atom. The first-order valence-electron chi connectivity index (χ1n) is 2.11. The second kappa shape index (κ2) is 9.41. The minimum absolute atomic E-state index is 0.833. The summed E-state index contributed by atoms with van der Waals surface area (Å²) in [5.74, 6) is 0.833. The lowest BCUT2D eigenvalue weighted by Gasteiger charge is -1.79. The molecular formula is C4H11O2P. The van der Waals surface area contributed by atoms with Gasteiger partial charge in [0.15, 0.2) is 0 Å². The highest BCUT2D eigenvalue weighted by Gasteiger charge is 1.68. The summed E-state index contributed by atoms with van der Waals surface area (Å²) in [6.45, 7) is 6.50. The molecule has 0 amide bonds. The van der Waals surface area contributed by atoms with Crippen LogP contribution >= 0.6 is 8.69 Å². The van der Waals surface area contributed by atoms with Gasteiger partial charge in [-0.2, -0.15) is 0 Å². The highest BCUT2D eigenvalue weighted by Crippen LogP contribution is 1.81. The van der Waals surface area contributed by atoms with Crippen LogP contribution in [-0.4, -0.2) is 4.89 Å². The fraction of sp³-hybridized carbons (Fsp3) is 1.00. The van der Waals surface area contributed by atoms with Crippen LogP contribution in [0.3, 0.4) is 0 Å². The van der Waals surface area contributed by atoms with E-state index in [-0.39, 0.29) is 0 Å². The lowest BCUT2D eigenvalue weighted by molar-refractivity contribution is 0.524. The Morgan fingerprint density at radius 1 is 1.43 bits per heavy atom. The van der Waals surface area contributed by atoms with E-state index >= 15 is 0 Å². The first-order valence-corrected chi connectivity index (χ1v) is 2.88. The molecule has 2 nitrogen and oxygen atoms in total. The molecule has 3 heteroatoms. The molecule has 1 N–H and O–H groups in total. The summed E-state index contributed by atoms with van der Waals surface area (Å²) < 4.78 is 8.46. The fourth-order valence-corrected chi connectivity index (χ4v) is 0. The molecule has 0 fully saturated rings. The zero-order chi connectivity index (χ0) is 6.28. The summed E-state index contributed by atoms with van der Waals surface area (Å²) in [6.07, 6.45) is 0. The van der Waals surface area contributed by atoms with Gasteiger partial charge in [-0.25, -0.2) is 4.57 Å². The third-order valence-electron chi connectivity index (χ3n) is 0. The Kier molecular flexibility index (Phi) is 13.6. The van der Waals surface area contributed by atoms with Crippen molar-refractivity contribution in [2.75, 3.05) is 0 Å². The Hall–Kier alpha value is 0.0600. The summed E-state index contributed by atoms with van der Waals surface area (Å²) in [7, 11) is -0.833. The quantitative estimate of drug-likeness (QED) is 0.498. The predicted molar refractivity (Wildman–Crippen MR) is 30.3 cm³/mol. The zero-order valence-electron chi connectivity index (χ0n) is 4.88. The van der Waals surface area contributed by atoms with Crippen molar-refractivity contribution >= 4 is 8.69 Å². The monoisotopic (exact) mass is 122 g/mol. The van der Waals surface area contributed by atoms with E-state index in [9.17, 15) is 0 Å². The number of hydrogen-bond acceptors (Lipinski definition) is 1. The van der Waals surface area contributed by atoms with Crippen molar-refractivity contribution in [3.63, 3.8) is 0 Å². The molecular weight excluding hydrogens is 111 g/mol. The van der Waals surface area contributed by atoms with Crippen LogP contribution in [0.5, 0.6) is 0 Å². The lowest BCUT2D eigenvalue weighted by atomic mass is 10.3. The van der Waals surface area contributed by atoms with Crippen molar-refractivity contribution in [1.82, 2.24) is 0 Å². The van der Waals surface area contributed by atoms with Gasteiger partial charge in [-0.05, 0) is 5.92 Å². The zero-order valence-corrected chi connectivity index (χ0v) is 5.77. The fourth-order valence-electron chi connectivity index (χ4n) is 0. The molecule has 0 heterocycles. The van der Waals surface area contributed by atoms with Gasteiger partial charge in [0.2, 0.25) is 0 Å². The van der Waals surface area contributed by atoms with E-state index in [1.165, 1.54) is 0 Å². The van der Waals surface area contributed by atoms with Gasteiger partial charge in [-0.3, -0.25) is 0 Å². The predicted octanol–water partition coefficient (Wildman–Crippen LogP) is 1.85. The van der Waals surface area contributed by atoms with E-state index in [1.54, 1.807) is 0 Å². The maximum Gasteiger partial charge on any atom is 0.324 e. The van der Waals surface area contributed by atoms with Crippen LogP contribution in [-0.2, 0) is 4.57 Å². The SMILES string of the molecule is CC(C)C.O=PO. The van der Waals surface area contributed by atoms with E-state index < -0.39 is 8.69 Å². The van der Waals surface area contributed by atoms with Crippen molar-refractivity contribution in [2.45, 2.75) is 20.8 Å². The van der Waals surface area contributed by atoms with Crippen LogP contribution in [0.1, 0.15) is 20.8 Å². The van der Waals surface area contributed by atoms with Crippen LogP contribution in [0.4, 0.5) is 0 Å². The van der Waals surface area contributed by atoms with Crippen molar-refractivity contribution < 1.29 is 9.46 Å². The van der Waals surface area contributed by atoms with Crippen molar-refractivity contribution in [1.29, 1.82) is 0 Å². The Morgan fingerprint density at radius 2 is 1.43 bits per heavy atom. The van der Waals surface area contributed by atoms with Gasteiger partial charge in [0.25, 0.3) is 0 Å². The smallest absolute Gasteiger partial charge is 0.310 e. The molecule has 0 aliphatic carbocycles. The average Bonchev–Trinajstić information content (AvgIpc) is 1.33. The Labute approximate surface area is 45.8 Å². The van der Waals surface area contributed by atoms with Gasteiger partial charge < -0.3 is 4.89 Å². The summed E-state index contributed by atoms with van der Waals surface area (Å²) in [6, 6.07) is 0. The summed E-state index contributed by atoms with van der Waals surface area (Å²) in [5.41, 5.74) is 0. The molecule has 0 aromatic carbocycles. The highest BCUT2D eigenvalue weighted by molar-refractivity contribution is 7.16. The molecule has 0 saturated heterocycles. The number of hydrogen-bond donors (Lipinski definition) is 1. The normalized spacial score (nSPS) is 8.14. The molecule has 0 rings (SSSR count). The van der Waals surface area contributed by atoms with E-state index in [4.69, 9.17) is 9.46 Å². The molecule has 0 spiro atoms. The molecule has 7 heavy (non-hydrogen) atoms. The minimum Gasteiger partial charge on any atom is -0.310 e. The third-order valence-corrected chi connectivity index (χ3v) is 0. The minimum atomic E-state index is -0.833. The van der Waals surface area contributed by atoms with E-state index in [0.717, 1.165) is 5.92 Å². The first-order chi connectivity index (χ1) is 3.15. The third kappa shape index (κ3) is 27700. The van der Waals surface area contributed by atoms with E-state index in [2.05, 4.69) is 20.8 Å². The number of rotatable bonds is 0. The second-order valence-electron chi connectivity index (χ2n) is 1.81. The summed E-state index contributed by atoms with van der Waals surface area (Å²) in [4.78, 5) is 6.99. The second-order valence-corrected chi connectivity index (χ2v) is 1.98. The van der Waals surface area contributed by atoms with Gasteiger partial charge in [0.1, 0.15) is 0 Å². The van der Waals surface area contributed by atoms with Crippen molar-refractivity contribution in [3.8, 4) is 0 Å². The molecule has 0 aromatic rings. The van der Waals surface area contributed by atoms with Gasteiger partial charge in [-0.15, -0.1) is 0 Å². The van der Waals surface area contributed by atoms with Gasteiger partial charge in [0, 0.05) is 0 Å². The van der Waals surface area contributed by atoms with E-state index in [0.29, 0.717) is 0 Å². The first kappa shape index (κ1) is 10.1. The summed E-state index contributed by atoms with van der Waals surface area (Å²) in [5, 5.41) is 0. The maximum absolute atomic E-state index is 8.46. The topological polar surface area (TPSA) is 37.3 Å². The van der Waals surface area contributed by atoms with Crippen LogP contribution in [0.2, 0.25) is 0 Å². The molecule has 0 bridgehead atoms. The Balaban J connectivity index is 0. The van der Waals surface area contributed by atoms with E-state index in [1.807, 2.05) is 0 Å². The van der Waals surface area contributed by atoms with Crippen LogP contribution in [0.15, 0.2) is 0 Å². The molecule has 0 aromatic heterocycles. The average molecular weight is 122 g/mol. The highest BCUT2D eigenvalue weighted by atomic mass is 31.1. The van der Waals surface area contributed by atoms with Gasteiger partial charge >= 0.3 is 8.69 Å². The molecule has 44 valence electrons. The molecule has 0 aliphatic heterocycles.